The Labute approximate surface area is 183 Å². The van der Waals surface area contributed by atoms with Gasteiger partial charge in [-0.15, -0.1) is 0 Å². The molecule has 0 saturated carbocycles. The molecule has 0 aliphatic rings. The fourth-order valence-corrected chi connectivity index (χ4v) is 3.50. The molecule has 0 spiro atoms. The summed E-state index contributed by atoms with van der Waals surface area (Å²) < 4.78 is 50.6. The Morgan fingerprint density at radius 1 is 1.26 bits per heavy atom. The van der Waals surface area contributed by atoms with Gasteiger partial charge in [0.05, 0.1) is 17.0 Å². The van der Waals surface area contributed by atoms with Gasteiger partial charge in [-0.25, -0.2) is 18.7 Å². The predicted octanol–water partition coefficient (Wildman–Crippen LogP) is 4.68. The minimum atomic E-state index is -1.45. The summed E-state index contributed by atoms with van der Waals surface area (Å²) in [4.78, 5) is 21.8. The third-order valence-electron chi connectivity index (χ3n) is 5.05. The van der Waals surface area contributed by atoms with E-state index < -0.39 is 23.5 Å². The van der Waals surface area contributed by atoms with Crippen molar-refractivity contribution < 1.29 is 21.1 Å². The van der Waals surface area contributed by atoms with Gasteiger partial charge in [0, 0.05) is 20.9 Å². The van der Waals surface area contributed by atoms with Gasteiger partial charge in [0.1, 0.15) is 23.9 Å². The van der Waals surface area contributed by atoms with Crippen LogP contribution in [0.1, 0.15) is 69.7 Å². The summed E-state index contributed by atoms with van der Waals surface area (Å²) in [6.07, 6.45) is 0.721. The van der Waals surface area contributed by atoms with Crippen LogP contribution in [0.15, 0.2) is 24.4 Å². The molecule has 3 rings (SSSR count). The lowest BCUT2D eigenvalue weighted by molar-refractivity contribution is 0.0964. The van der Waals surface area contributed by atoms with E-state index in [-0.39, 0.29) is 42.3 Å². The molecule has 2 N–H and O–H groups in total. The lowest BCUT2D eigenvalue weighted by Gasteiger charge is -2.23. The first-order valence-electron chi connectivity index (χ1n) is 11.0. The van der Waals surface area contributed by atoms with Crippen molar-refractivity contribution in [3.8, 4) is 5.88 Å². The largest absolute Gasteiger partial charge is 0.470 e. The molecule has 0 fully saturated rings. The molecule has 8 heteroatoms. The Morgan fingerprint density at radius 3 is 2.58 bits per heavy atom. The lowest BCUT2D eigenvalue weighted by Crippen LogP contribution is -2.36. The standard InChI is InChI=1S/C23H28F2N4O2/c1-5-10-23(4,26)11-9-19(30)20-15(3)28-21-22(27-14(2)12-29(20)21)31-13-16-17(24)7-6-8-18(16)25/h6-8,12H,5,9-11,13,26H2,1-4H3/i5D2. The van der Waals surface area contributed by atoms with Crippen LogP contribution >= 0.6 is 0 Å². The van der Waals surface area contributed by atoms with Crippen molar-refractivity contribution in [2.45, 2.75) is 65.5 Å². The van der Waals surface area contributed by atoms with Crippen molar-refractivity contribution in [1.29, 1.82) is 0 Å². The van der Waals surface area contributed by atoms with E-state index in [2.05, 4.69) is 9.97 Å². The minimum Gasteiger partial charge on any atom is -0.470 e. The van der Waals surface area contributed by atoms with Crippen molar-refractivity contribution in [2.24, 2.45) is 5.73 Å². The van der Waals surface area contributed by atoms with Gasteiger partial charge in [0.15, 0.2) is 5.78 Å². The molecule has 0 radical (unpaired) electrons. The fraction of sp³-hybridized carbons (Fsp3) is 0.435. The number of hydrogen-bond acceptors (Lipinski definition) is 5. The van der Waals surface area contributed by atoms with Gasteiger partial charge >= 0.3 is 0 Å². The summed E-state index contributed by atoms with van der Waals surface area (Å²) in [6, 6.07) is 3.56. The highest BCUT2D eigenvalue weighted by molar-refractivity contribution is 5.96. The molecule has 3 aromatic rings. The molecule has 166 valence electrons. The van der Waals surface area contributed by atoms with Crippen LogP contribution in [0.4, 0.5) is 8.78 Å². The normalized spacial score (nSPS) is 14.8. The van der Waals surface area contributed by atoms with Crippen LogP contribution in [-0.2, 0) is 6.61 Å². The number of aromatic nitrogens is 3. The van der Waals surface area contributed by atoms with Crippen LogP contribution in [-0.4, -0.2) is 25.7 Å². The number of rotatable bonds is 9. The first-order chi connectivity index (χ1) is 15.3. The number of aryl methyl sites for hydroxylation is 2. The summed E-state index contributed by atoms with van der Waals surface area (Å²) >= 11 is 0. The minimum absolute atomic E-state index is 0.0580. The predicted molar refractivity (Wildman–Crippen MR) is 114 cm³/mol. The molecule has 2 heterocycles. The summed E-state index contributed by atoms with van der Waals surface area (Å²) in [5.41, 5.74) is 6.73. The smallest absolute Gasteiger partial charge is 0.258 e. The van der Waals surface area contributed by atoms with Crippen molar-refractivity contribution in [1.82, 2.24) is 14.4 Å². The first-order valence-corrected chi connectivity index (χ1v) is 10.0. The van der Waals surface area contributed by atoms with Gasteiger partial charge in [-0.1, -0.05) is 19.4 Å². The zero-order valence-electron chi connectivity index (χ0n) is 20.1. The van der Waals surface area contributed by atoms with E-state index >= 15 is 0 Å². The number of carbonyl (C=O) groups is 1. The van der Waals surface area contributed by atoms with Gasteiger partial charge < -0.3 is 10.5 Å². The topological polar surface area (TPSA) is 82.5 Å². The summed E-state index contributed by atoms with van der Waals surface area (Å²) in [5.74, 6) is -1.60. The molecule has 6 nitrogen and oxygen atoms in total. The fourth-order valence-electron chi connectivity index (χ4n) is 3.50. The third kappa shape index (κ3) is 5.07. The highest BCUT2D eigenvalue weighted by Crippen LogP contribution is 2.25. The maximum absolute atomic E-state index is 14.0. The quantitative estimate of drug-likeness (QED) is 0.496. The number of benzene rings is 1. The van der Waals surface area contributed by atoms with Crippen LogP contribution in [0, 0.1) is 25.5 Å². The number of fused-ring (bicyclic) bond motifs is 1. The van der Waals surface area contributed by atoms with E-state index in [1.165, 1.54) is 13.0 Å². The van der Waals surface area contributed by atoms with Crippen molar-refractivity contribution in [2.75, 3.05) is 0 Å². The SMILES string of the molecule is [2H]C([2H])(C)CC(C)(N)CCC(=O)c1c(C)nc2c(OCc3c(F)cccc3F)nc(C)cn12. The number of imidazole rings is 1. The molecular weight excluding hydrogens is 402 g/mol. The second-order valence-corrected chi connectivity index (χ2v) is 8.02. The van der Waals surface area contributed by atoms with Gasteiger partial charge in [-0.05, 0) is 45.7 Å². The Kier molecular flexibility index (Phi) is 5.88. The van der Waals surface area contributed by atoms with E-state index in [1.54, 1.807) is 31.4 Å². The van der Waals surface area contributed by atoms with Gasteiger partial charge in [-0.2, -0.15) is 0 Å². The maximum Gasteiger partial charge on any atom is 0.258 e. The molecule has 1 atom stereocenters. The number of hydrogen-bond donors (Lipinski definition) is 1. The average Bonchev–Trinajstić information content (AvgIpc) is 2.99. The molecule has 0 aliphatic carbocycles. The summed E-state index contributed by atoms with van der Waals surface area (Å²) in [7, 11) is 0. The van der Waals surface area contributed by atoms with E-state index in [9.17, 15) is 13.6 Å². The van der Waals surface area contributed by atoms with Gasteiger partial charge in [0.2, 0.25) is 5.65 Å². The van der Waals surface area contributed by atoms with E-state index in [0.29, 0.717) is 23.5 Å². The Hall–Kier alpha value is -2.87. The van der Waals surface area contributed by atoms with Gasteiger partial charge in [0.25, 0.3) is 5.88 Å². The van der Waals surface area contributed by atoms with Crippen molar-refractivity contribution in [3.05, 3.63) is 58.7 Å². The maximum atomic E-state index is 14.0. The van der Waals surface area contributed by atoms with Crippen molar-refractivity contribution >= 4 is 11.4 Å². The molecule has 0 bridgehead atoms. The number of nitrogens with zero attached hydrogens (tertiary/aromatic N) is 3. The molecule has 1 unspecified atom stereocenters. The van der Waals surface area contributed by atoms with Crippen LogP contribution in [0.2, 0.25) is 0 Å². The van der Waals surface area contributed by atoms with E-state index in [4.69, 9.17) is 13.2 Å². The Balaban J connectivity index is 1.87. The lowest BCUT2D eigenvalue weighted by atomic mass is 9.90. The van der Waals surface area contributed by atoms with E-state index in [0.717, 1.165) is 12.1 Å². The molecule has 31 heavy (non-hydrogen) atoms. The average molecular weight is 433 g/mol. The molecule has 1 aromatic carbocycles. The molecule has 0 saturated heterocycles. The van der Waals surface area contributed by atoms with Crippen LogP contribution in [0.5, 0.6) is 5.88 Å². The number of nitrogens with two attached hydrogens (primary N) is 1. The summed E-state index contributed by atoms with van der Waals surface area (Å²) in [5, 5.41) is 0. The number of Topliss-reactive ketones (excluding diaryl/α,β-unsaturated/α-hetero) is 1. The molecule has 0 amide bonds. The molecule has 2 aromatic heterocycles. The monoisotopic (exact) mass is 432 g/mol. The van der Waals surface area contributed by atoms with Crippen LogP contribution in [0.25, 0.3) is 5.65 Å². The second-order valence-electron chi connectivity index (χ2n) is 8.02. The first kappa shape index (κ1) is 20.1. The van der Waals surface area contributed by atoms with E-state index in [1.807, 2.05) is 0 Å². The zero-order chi connectivity index (χ0) is 24.6. The molecule has 0 aliphatic heterocycles. The summed E-state index contributed by atoms with van der Waals surface area (Å²) in [6.45, 7) is 6.19. The number of ketones is 1. The highest BCUT2D eigenvalue weighted by Gasteiger charge is 2.24. The van der Waals surface area contributed by atoms with Gasteiger partial charge in [-0.3, -0.25) is 9.20 Å². The zero-order valence-corrected chi connectivity index (χ0v) is 18.1. The van der Waals surface area contributed by atoms with Crippen molar-refractivity contribution in [3.63, 3.8) is 0 Å². The molecular formula is C23H28F2N4O2. The third-order valence-corrected chi connectivity index (χ3v) is 5.05. The highest BCUT2D eigenvalue weighted by atomic mass is 19.1. The number of carbonyl (C=O) groups excluding carboxylic acids is 1. The number of ether oxygens (including phenoxy) is 1. The second kappa shape index (κ2) is 9.09. The van der Waals surface area contributed by atoms with Crippen LogP contribution in [0.3, 0.4) is 0 Å². The Morgan fingerprint density at radius 2 is 1.94 bits per heavy atom. The van der Waals surface area contributed by atoms with Crippen LogP contribution < -0.4 is 10.5 Å². The number of halogens is 2. The Bertz CT molecular complexity index is 1170.